The molecule has 0 spiro atoms. The summed E-state index contributed by atoms with van der Waals surface area (Å²) in [6.07, 6.45) is 1.70. The number of hydrogen-bond acceptors (Lipinski definition) is 3. The van der Waals surface area contributed by atoms with Crippen molar-refractivity contribution < 1.29 is 8.42 Å². The summed E-state index contributed by atoms with van der Waals surface area (Å²) >= 11 is 3.33. The fourth-order valence-corrected chi connectivity index (χ4v) is 2.90. The Morgan fingerprint density at radius 2 is 2.21 bits per heavy atom. The summed E-state index contributed by atoms with van der Waals surface area (Å²) < 4.78 is 26.1. The molecule has 0 amide bonds. The van der Waals surface area contributed by atoms with Crippen LogP contribution in [0.2, 0.25) is 0 Å². The summed E-state index contributed by atoms with van der Waals surface area (Å²) in [5.74, 6) is 0. The Morgan fingerprint density at radius 1 is 1.53 bits per heavy atom. The van der Waals surface area contributed by atoms with Gasteiger partial charge in [0.15, 0.2) is 0 Å². The van der Waals surface area contributed by atoms with Crippen molar-refractivity contribution in [1.82, 2.24) is 4.31 Å². The topological polar surface area (TPSA) is 61.2 Å². The van der Waals surface area contributed by atoms with Crippen molar-refractivity contribution in [3.63, 3.8) is 0 Å². The fraction of sp³-hybridized carbons (Fsp3) is 0.308. The molecule has 0 aromatic heterocycles. The summed E-state index contributed by atoms with van der Waals surface area (Å²) in [4.78, 5) is 0. The third-order valence-corrected chi connectivity index (χ3v) is 4.83. The van der Waals surface area contributed by atoms with E-state index in [2.05, 4.69) is 15.9 Å². The lowest BCUT2D eigenvalue weighted by atomic mass is 10.2. The lowest BCUT2D eigenvalue weighted by Gasteiger charge is -2.20. The molecule has 1 aromatic carbocycles. The van der Waals surface area contributed by atoms with Crippen LogP contribution in [0, 0.1) is 11.3 Å². The minimum atomic E-state index is -3.51. The van der Waals surface area contributed by atoms with E-state index >= 15 is 0 Å². The molecule has 0 saturated heterocycles. The molecule has 1 unspecified atom stereocenters. The highest BCUT2D eigenvalue weighted by molar-refractivity contribution is 9.10. The predicted molar refractivity (Wildman–Crippen MR) is 79.6 cm³/mol. The van der Waals surface area contributed by atoms with E-state index in [1.807, 2.05) is 30.3 Å². The quantitative estimate of drug-likeness (QED) is 0.826. The SMILES string of the molecule is CC(CC#N)N(C)S(=O)(=O)/C=C/c1cccc(Br)c1. The standard InChI is InChI=1S/C13H15BrN2O2S/c1-11(6-8-15)16(2)19(17,18)9-7-12-4-3-5-13(14)10-12/h3-5,7,9-11H,6H2,1-2H3/b9-7+. The van der Waals surface area contributed by atoms with E-state index in [0.717, 1.165) is 15.4 Å². The number of hydrogen-bond donors (Lipinski definition) is 0. The molecular formula is C13H15BrN2O2S. The van der Waals surface area contributed by atoms with Gasteiger partial charge in [0.05, 0.1) is 12.5 Å². The molecular weight excluding hydrogens is 328 g/mol. The third kappa shape index (κ3) is 4.78. The van der Waals surface area contributed by atoms with Gasteiger partial charge in [-0.15, -0.1) is 0 Å². The van der Waals surface area contributed by atoms with Crippen molar-refractivity contribution in [1.29, 1.82) is 5.26 Å². The first kappa shape index (κ1) is 15.9. The van der Waals surface area contributed by atoms with Crippen molar-refractivity contribution in [3.8, 4) is 6.07 Å². The van der Waals surface area contributed by atoms with Gasteiger partial charge in [-0.3, -0.25) is 0 Å². The smallest absolute Gasteiger partial charge is 0.208 e. The molecule has 0 aliphatic carbocycles. The summed E-state index contributed by atoms with van der Waals surface area (Å²) in [7, 11) is -2.03. The molecule has 0 heterocycles. The van der Waals surface area contributed by atoms with Crippen LogP contribution in [0.15, 0.2) is 34.1 Å². The van der Waals surface area contributed by atoms with Gasteiger partial charge in [-0.2, -0.15) is 9.57 Å². The lowest BCUT2D eigenvalue weighted by molar-refractivity contribution is 0.398. The molecule has 1 aromatic rings. The van der Waals surface area contributed by atoms with Gasteiger partial charge in [-0.25, -0.2) is 8.42 Å². The Balaban J connectivity index is 2.88. The second-order valence-electron chi connectivity index (χ2n) is 4.13. The molecule has 1 atom stereocenters. The van der Waals surface area contributed by atoms with E-state index in [0.29, 0.717) is 0 Å². The Hall–Kier alpha value is -1.16. The average molecular weight is 343 g/mol. The minimum absolute atomic E-state index is 0.167. The molecule has 0 N–H and O–H groups in total. The highest BCUT2D eigenvalue weighted by atomic mass is 79.9. The average Bonchev–Trinajstić information content (AvgIpc) is 2.36. The molecule has 0 aliphatic heterocycles. The first-order valence-corrected chi connectivity index (χ1v) is 7.95. The van der Waals surface area contributed by atoms with Crippen LogP contribution in [-0.2, 0) is 10.0 Å². The molecule has 19 heavy (non-hydrogen) atoms. The van der Waals surface area contributed by atoms with Crippen LogP contribution in [0.4, 0.5) is 0 Å². The van der Waals surface area contributed by atoms with Gasteiger partial charge in [-0.1, -0.05) is 28.1 Å². The van der Waals surface area contributed by atoms with Gasteiger partial charge in [-0.05, 0) is 30.7 Å². The van der Waals surface area contributed by atoms with E-state index in [1.165, 1.54) is 17.4 Å². The maximum Gasteiger partial charge on any atom is 0.236 e. The van der Waals surface area contributed by atoms with Crippen LogP contribution in [0.5, 0.6) is 0 Å². The molecule has 0 aliphatic rings. The summed E-state index contributed by atoms with van der Waals surface area (Å²) in [5.41, 5.74) is 0.791. The monoisotopic (exact) mass is 342 g/mol. The largest absolute Gasteiger partial charge is 0.236 e. The number of nitriles is 1. The predicted octanol–water partition coefficient (Wildman–Crippen LogP) is 2.98. The maximum atomic E-state index is 12.0. The Morgan fingerprint density at radius 3 is 2.79 bits per heavy atom. The second-order valence-corrected chi connectivity index (χ2v) is 6.92. The van der Waals surface area contributed by atoms with E-state index in [-0.39, 0.29) is 12.5 Å². The number of halogens is 1. The second kappa shape index (κ2) is 6.85. The molecule has 0 radical (unpaired) electrons. The van der Waals surface area contributed by atoms with Crippen LogP contribution in [0.3, 0.4) is 0 Å². The van der Waals surface area contributed by atoms with Gasteiger partial charge in [0, 0.05) is 23.0 Å². The lowest BCUT2D eigenvalue weighted by Crippen LogP contribution is -2.33. The molecule has 6 heteroatoms. The number of rotatable bonds is 5. The normalized spacial score (nSPS) is 13.6. The number of benzene rings is 1. The van der Waals surface area contributed by atoms with Crippen molar-refractivity contribution in [2.24, 2.45) is 0 Å². The van der Waals surface area contributed by atoms with Crippen LogP contribution in [0.25, 0.3) is 6.08 Å². The Kier molecular flexibility index (Phi) is 5.73. The van der Waals surface area contributed by atoms with Crippen molar-refractivity contribution in [2.45, 2.75) is 19.4 Å². The molecule has 1 rings (SSSR count). The molecule has 4 nitrogen and oxygen atoms in total. The Labute approximate surface area is 122 Å². The van der Waals surface area contributed by atoms with Crippen molar-refractivity contribution in [3.05, 3.63) is 39.7 Å². The summed E-state index contributed by atoms with van der Waals surface area (Å²) in [6, 6.07) is 8.96. The molecule has 0 fully saturated rings. The van der Waals surface area contributed by atoms with E-state index in [1.54, 1.807) is 6.92 Å². The van der Waals surface area contributed by atoms with Crippen LogP contribution < -0.4 is 0 Å². The highest BCUT2D eigenvalue weighted by Gasteiger charge is 2.20. The first-order chi connectivity index (χ1) is 8.86. The number of nitrogens with zero attached hydrogens (tertiary/aromatic N) is 2. The fourth-order valence-electron chi connectivity index (χ4n) is 1.38. The third-order valence-electron chi connectivity index (χ3n) is 2.69. The van der Waals surface area contributed by atoms with Crippen LogP contribution >= 0.6 is 15.9 Å². The highest BCUT2D eigenvalue weighted by Crippen LogP contribution is 2.15. The van der Waals surface area contributed by atoms with Gasteiger partial charge >= 0.3 is 0 Å². The zero-order valence-electron chi connectivity index (χ0n) is 10.7. The van der Waals surface area contributed by atoms with Crippen molar-refractivity contribution in [2.75, 3.05) is 7.05 Å². The van der Waals surface area contributed by atoms with Gasteiger partial charge in [0.25, 0.3) is 0 Å². The molecule has 0 saturated carbocycles. The summed E-state index contributed by atoms with van der Waals surface area (Å²) in [5, 5.41) is 9.75. The Bertz CT molecular complexity index is 605. The first-order valence-electron chi connectivity index (χ1n) is 5.65. The molecule has 102 valence electrons. The van der Waals surface area contributed by atoms with Crippen LogP contribution in [0.1, 0.15) is 18.9 Å². The van der Waals surface area contributed by atoms with Gasteiger partial charge < -0.3 is 0 Å². The zero-order chi connectivity index (χ0) is 14.5. The molecule has 0 bridgehead atoms. The van der Waals surface area contributed by atoms with Crippen LogP contribution in [-0.4, -0.2) is 25.8 Å². The van der Waals surface area contributed by atoms with Crippen molar-refractivity contribution >= 4 is 32.0 Å². The van der Waals surface area contributed by atoms with E-state index < -0.39 is 10.0 Å². The minimum Gasteiger partial charge on any atom is -0.208 e. The zero-order valence-corrected chi connectivity index (χ0v) is 13.1. The summed E-state index contributed by atoms with van der Waals surface area (Å²) in [6.45, 7) is 1.70. The number of sulfonamides is 1. The van der Waals surface area contributed by atoms with Gasteiger partial charge in [0.1, 0.15) is 0 Å². The van der Waals surface area contributed by atoms with Gasteiger partial charge in [0.2, 0.25) is 10.0 Å². The van der Waals surface area contributed by atoms with E-state index in [4.69, 9.17) is 5.26 Å². The maximum absolute atomic E-state index is 12.0. The van der Waals surface area contributed by atoms with E-state index in [9.17, 15) is 8.42 Å².